The van der Waals surface area contributed by atoms with E-state index in [2.05, 4.69) is 95.0 Å². The van der Waals surface area contributed by atoms with Crippen LogP contribution in [0.2, 0.25) is 0 Å². The molecule has 0 aliphatic heterocycles. The fraction of sp³-hybridized carbons (Fsp3) is 0.465. The minimum Gasteiger partial charge on any atom is -0.493 e. The van der Waals surface area contributed by atoms with Gasteiger partial charge in [-0.25, -0.2) is 4.98 Å². The molecule has 4 rings (SSSR count). The van der Waals surface area contributed by atoms with Crippen molar-refractivity contribution in [3.05, 3.63) is 72.8 Å². The van der Waals surface area contributed by atoms with Crippen LogP contribution in [0.3, 0.4) is 0 Å². The van der Waals surface area contributed by atoms with Gasteiger partial charge in [-0.1, -0.05) is 66.5 Å². The highest BCUT2D eigenvalue weighted by atomic mass is 16.5. The topological polar surface area (TPSA) is 53.1 Å². The van der Waals surface area contributed by atoms with Gasteiger partial charge in [0.2, 0.25) is 0 Å². The van der Waals surface area contributed by atoms with E-state index in [0.29, 0.717) is 26.4 Å². The van der Waals surface area contributed by atoms with E-state index in [1.165, 1.54) is 31.4 Å². The average Bonchev–Trinajstić information content (AvgIpc) is 3.14. The Hall–Kier alpha value is -4.19. The Morgan fingerprint density at radius 3 is 1.35 bits per heavy atom. The molecule has 0 fully saturated rings. The maximum absolute atomic E-state index is 6.32. The zero-order valence-corrected chi connectivity index (χ0v) is 30.9. The predicted molar refractivity (Wildman–Crippen MR) is 206 cm³/mol. The molecule has 0 N–H and O–H groups in total. The normalized spacial score (nSPS) is 11.0. The number of hydrogen-bond acceptors (Lipinski definition) is 6. The molecular formula is C43H58N2O4. The van der Waals surface area contributed by atoms with Gasteiger partial charge in [0.25, 0.3) is 0 Å². The second-order valence-electron chi connectivity index (χ2n) is 12.6. The minimum absolute atomic E-state index is 0.610. The summed E-state index contributed by atoms with van der Waals surface area (Å²) < 4.78 is 24.6. The molecule has 0 amide bonds. The van der Waals surface area contributed by atoms with E-state index < -0.39 is 0 Å². The van der Waals surface area contributed by atoms with Gasteiger partial charge >= 0.3 is 0 Å². The van der Waals surface area contributed by atoms with Crippen LogP contribution in [0.15, 0.2) is 72.8 Å². The Labute approximate surface area is 295 Å². The van der Waals surface area contributed by atoms with E-state index in [9.17, 15) is 0 Å². The fourth-order valence-electron chi connectivity index (χ4n) is 5.62. The smallest absolute Gasteiger partial charge is 0.132 e. The number of hydrogen-bond donors (Lipinski definition) is 0. The summed E-state index contributed by atoms with van der Waals surface area (Å²) in [6.45, 7) is 17.7. The Balaban J connectivity index is 1.86. The van der Waals surface area contributed by atoms with Crippen LogP contribution in [0.5, 0.6) is 23.0 Å². The number of benzene rings is 3. The first-order chi connectivity index (χ1) is 24.0. The summed E-state index contributed by atoms with van der Waals surface area (Å²) in [6, 6.07) is 25.6. The van der Waals surface area contributed by atoms with Crippen molar-refractivity contribution >= 4 is 5.69 Å². The fourth-order valence-corrected chi connectivity index (χ4v) is 5.62. The lowest BCUT2D eigenvalue weighted by Crippen LogP contribution is -2.25. The molecular weight excluding hydrogens is 608 g/mol. The van der Waals surface area contributed by atoms with E-state index in [4.69, 9.17) is 23.9 Å². The SMILES string of the molecule is CCCCN(CCCC)c1ccc(-c2cc(-c3ccc(OCCC)cc3OCCC)nc(-c3ccc(OCCC)cc3OCCC)c2)cc1. The van der Waals surface area contributed by atoms with Crippen molar-refractivity contribution in [3.63, 3.8) is 0 Å². The van der Waals surface area contributed by atoms with Crippen LogP contribution in [0, 0.1) is 0 Å². The Morgan fingerprint density at radius 1 is 0.469 bits per heavy atom. The highest BCUT2D eigenvalue weighted by Gasteiger charge is 2.17. The molecule has 0 aliphatic rings. The van der Waals surface area contributed by atoms with Crippen molar-refractivity contribution in [1.82, 2.24) is 4.98 Å². The number of nitrogens with zero attached hydrogens (tertiary/aromatic N) is 2. The first-order valence-electron chi connectivity index (χ1n) is 18.7. The van der Waals surface area contributed by atoms with Crippen molar-refractivity contribution < 1.29 is 18.9 Å². The van der Waals surface area contributed by atoms with E-state index in [-0.39, 0.29) is 0 Å². The zero-order valence-electron chi connectivity index (χ0n) is 30.9. The molecule has 0 saturated heterocycles. The lowest BCUT2D eigenvalue weighted by atomic mass is 9.98. The van der Waals surface area contributed by atoms with Crippen molar-refractivity contribution in [1.29, 1.82) is 0 Å². The first kappa shape index (κ1) is 37.6. The summed E-state index contributed by atoms with van der Waals surface area (Å²) in [5, 5.41) is 0. The third kappa shape index (κ3) is 10.9. The van der Waals surface area contributed by atoms with E-state index in [0.717, 1.165) is 95.4 Å². The van der Waals surface area contributed by atoms with E-state index >= 15 is 0 Å². The maximum Gasteiger partial charge on any atom is 0.132 e. The van der Waals surface area contributed by atoms with Crippen LogP contribution in [0.4, 0.5) is 5.69 Å². The molecule has 0 unspecified atom stereocenters. The second-order valence-corrected chi connectivity index (χ2v) is 12.6. The largest absolute Gasteiger partial charge is 0.493 e. The van der Waals surface area contributed by atoms with Crippen LogP contribution in [-0.2, 0) is 0 Å². The van der Waals surface area contributed by atoms with Crippen LogP contribution in [-0.4, -0.2) is 44.5 Å². The number of pyridine rings is 1. The molecule has 0 atom stereocenters. The number of rotatable bonds is 22. The molecule has 0 radical (unpaired) electrons. The molecule has 0 bridgehead atoms. The van der Waals surface area contributed by atoms with Crippen LogP contribution in [0.25, 0.3) is 33.6 Å². The van der Waals surface area contributed by atoms with Gasteiger partial charge < -0.3 is 23.8 Å². The molecule has 0 spiro atoms. The Morgan fingerprint density at radius 2 is 0.918 bits per heavy atom. The monoisotopic (exact) mass is 666 g/mol. The van der Waals surface area contributed by atoms with Gasteiger partial charge in [0.15, 0.2) is 0 Å². The molecule has 1 heterocycles. The first-order valence-corrected chi connectivity index (χ1v) is 18.7. The van der Waals surface area contributed by atoms with Gasteiger partial charge in [0.1, 0.15) is 23.0 Å². The third-order valence-corrected chi connectivity index (χ3v) is 8.28. The lowest BCUT2D eigenvalue weighted by molar-refractivity contribution is 0.302. The van der Waals surface area contributed by atoms with Gasteiger partial charge in [-0.2, -0.15) is 0 Å². The maximum atomic E-state index is 6.32. The van der Waals surface area contributed by atoms with Gasteiger partial charge in [-0.15, -0.1) is 0 Å². The highest BCUT2D eigenvalue weighted by Crippen LogP contribution is 2.40. The summed E-state index contributed by atoms with van der Waals surface area (Å²) in [5.41, 5.74) is 7.03. The van der Waals surface area contributed by atoms with Gasteiger partial charge in [-0.05, 0) is 98.2 Å². The second kappa shape index (κ2) is 20.4. The summed E-state index contributed by atoms with van der Waals surface area (Å²) >= 11 is 0. The number of unbranched alkanes of at least 4 members (excludes halogenated alkanes) is 2. The molecule has 6 heteroatoms. The van der Waals surface area contributed by atoms with Crippen molar-refractivity contribution in [2.75, 3.05) is 44.4 Å². The molecule has 0 saturated carbocycles. The lowest BCUT2D eigenvalue weighted by Gasteiger charge is -2.25. The average molecular weight is 667 g/mol. The number of ether oxygens (including phenoxy) is 4. The van der Waals surface area contributed by atoms with Crippen molar-refractivity contribution in [2.24, 2.45) is 0 Å². The molecule has 0 aliphatic carbocycles. The zero-order chi connectivity index (χ0) is 34.8. The molecule has 49 heavy (non-hydrogen) atoms. The van der Waals surface area contributed by atoms with Gasteiger partial charge in [0, 0.05) is 42.0 Å². The van der Waals surface area contributed by atoms with Crippen molar-refractivity contribution in [3.8, 4) is 56.6 Å². The van der Waals surface area contributed by atoms with Crippen LogP contribution >= 0.6 is 0 Å². The highest BCUT2D eigenvalue weighted by molar-refractivity contribution is 5.81. The number of aromatic nitrogens is 1. The van der Waals surface area contributed by atoms with Crippen molar-refractivity contribution in [2.45, 2.75) is 92.9 Å². The molecule has 4 aromatic rings. The molecule has 1 aromatic heterocycles. The summed E-state index contributed by atoms with van der Waals surface area (Å²) in [6.07, 6.45) is 8.46. The van der Waals surface area contributed by atoms with E-state index in [1.54, 1.807) is 0 Å². The van der Waals surface area contributed by atoms with Gasteiger partial charge in [-0.3, -0.25) is 0 Å². The minimum atomic E-state index is 0.610. The summed E-state index contributed by atoms with van der Waals surface area (Å²) in [5.74, 6) is 3.15. The quantitative estimate of drug-likeness (QED) is 0.0832. The summed E-state index contributed by atoms with van der Waals surface area (Å²) in [4.78, 5) is 7.81. The van der Waals surface area contributed by atoms with Gasteiger partial charge in [0.05, 0.1) is 37.8 Å². The molecule has 264 valence electrons. The summed E-state index contributed by atoms with van der Waals surface area (Å²) in [7, 11) is 0. The molecule has 6 nitrogen and oxygen atoms in total. The predicted octanol–water partition coefficient (Wildman–Crippen LogP) is 11.6. The van der Waals surface area contributed by atoms with E-state index in [1.807, 2.05) is 24.3 Å². The van der Waals surface area contributed by atoms with Crippen LogP contribution in [0.1, 0.15) is 92.9 Å². The number of anilines is 1. The third-order valence-electron chi connectivity index (χ3n) is 8.28. The standard InChI is InChI=1S/C43H58N2O4/c1-7-13-23-45(24-14-8-2)35-17-15-33(16-18-35)34-29-40(38-21-19-36(46-25-9-3)31-42(38)48-27-11-5)44-41(30-34)39-22-20-37(47-26-10-4)32-43(39)49-28-12-6/h15-22,29-32H,7-14,23-28H2,1-6H3. The van der Waals surface area contributed by atoms with Crippen LogP contribution < -0.4 is 23.8 Å². The Bertz CT molecular complexity index is 1460. The Kier molecular flexibility index (Phi) is 15.6. The molecule has 3 aromatic carbocycles.